The molecule has 4 saturated carbocycles. The summed E-state index contributed by atoms with van der Waals surface area (Å²) in [6.07, 6.45) is 14.7. The van der Waals surface area contributed by atoms with Crippen LogP contribution in [0, 0.1) is 52.3 Å². The summed E-state index contributed by atoms with van der Waals surface area (Å²) in [5, 5.41) is 0. The minimum absolute atomic E-state index is 0.200. The van der Waals surface area contributed by atoms with Gasteiger partial charge in [-0.05, 0) is 128 Å². The van der Waals surface area contributed by atoms with Gasteiger partial charge in [-0.2, -0.15) is 0 Å². The fourth-order valence-electron chi connectivity index (χ4n) is 11.0. The van der Waals surface area contributed by atoms with E-state index in [9.17, 15) is 0 Å². The van der Waals surface area contributed by atoms with Crippen molar-refractivity contribution in [3.8, 4) is 11.5 Å². The Bertz CT molecular complexity index is 1180. The molecular formula is C41H60O4. The van der Waals surface area contributed by atoms with Crippen molar-refractivity contribution in [1.29, 1.82) is 0 Å². The monoisotopic (exact) mass is 616 g/mol. The van der Waals surface area contributed by atoms with E-state index in [4.69, 9.17) is 18.9 Å². The highest BCUT2D eigenvalue weighted by Crippen LogP contribution is 2.68. The van der Waals surface area contributed by atoms with Gasteiger partial charge in [0.05, 0.1) is 12.2 Å². The van der Waals surface area contributed by atoms with Crippen molar-refractivity contribution in [2.45, 2.75) is 117 Å². The van der Waals surface area contributed by atoms with Crippen molar-refractivity contribution in [3.05, 3.63) is 60.7 Å². The van der Waals surface area contributed by atoms with E-state index in [1.807, 2.05) is 60.7 Å². The van der Waals surface area contributed by atoms with E-state index in [2.05, 4.69) is 34.6 Å². The van der Waals surface area contributed by atoms with Crippen molar-refractivity contribution in [1.82, 2.24) is 0 Å². The summed E-state index contributed by atoms with van der Waals surface area (Å²) < 4.78 is 25.3. The second kappa shape index (κ2) is 14.4. The molecule has 0 spiro atoms. The lowest BCUT2D eigenvalue weighted by atomic mass is 9.43. The van der Waals surface area contributed by atoms with E-state index in [-0.39, 0.29) is 17.6 Å². The normalized spacial score (nSPS) is 36.5. The van der Waals surface area contributed by atoms with Crippen LogP contribution in [0.5, 0.6) is 11.5 Å². The molecule has 6 rings (SSSR count). The SMILES string of the molecule is CC(C)CCCC(C)C1CCC2C3CC(OCOc4ccccc4)C4CC(OCOc5ccccc5)CCC4(C)C3CCC12C. The molecule has 0 bridgehead atoms. The van der Waals surface area contributed by atoms with Crippen molar-refractivity contribution in [2.24, 2.45) is 52.3 Å². The van der Waals surface area contributed by atoms with Crippen molar-refractivity contribution in [2.75, 3.05) is 13.6 Å². The summed E-state index contributed by atoms with van der Waals surface area (Å²) in [5.74, 6) is 7.10. The number of hydrogen-bond donors (Lipinski definition) is 0. The van der Waals surface area contributed by atoms with Crippen molar-refractivity contribution in [3.63, 3.8) is 0 Å². The van der Waals surface area contributed by atoms with Crippen LogP contribution in [-0.4, -0.2) is 25.8 Å². The molecule has 10 unspecified atom stereocenters. The van der Waals surface area contributed by atoms with E-state index < -0.39 is 0 Å². The minimum atomic E-state index is 0.200. The lowest BCUT2D eigenvalue weighted by molar-refractivity contribution is -0.206. The molecule has 4 aliphatic carbocycles. The van der Waals surface area contributed by atoms with E-state index in [1.165, 1.54) is 57.8 Å². The fraction of sp³-hybridized carbons (Fsp3) is 0.707. The van der Waals surface area contributed by atoms with Crippen LogP contribution in [0.3, 0.4) is 0 Å². The Hall–Kier alpha value is -2.04. The maximum Gasteiger partial charge on any atom is 0.189 e. The Morgan fingerprint density at radius 2 is 1.29 bits per heavy atom. The lowest BCUT2D eigenvalue weighted by Gasteiger charge is -2.63. The Morgan fingerprint density at radius 3 is 1.96 bits per heavy atom. The average molecular weight is 617 g/mol. The van der Waals surface area contributed by atoms with Gasteiger partial charge >= 0.3 is 0 Å². The highest BCUT2D eigenvalue weighted by atomic mass is 16.7. The number of benzene rings is 2. The topological polar surface area (TPSA) is 36.9 Å². The number of hydrogen-bond acceptors (Lipinski definition) is 4. The standard InChI is InChI=1S/C41H60O4/c1-29(2)13-12-14-30(3)35-19-20-36-34-26-39(45-28-43-32-17-10-7-11-18-32)38-25-33(44-27-42-31-15-8-6-9-16-31)21-23-41(38,5)37(34)22-24-40(35,36)4/h6-11,15-18,29-30,33-39H,12-14,19-28H2,1-5H3. The molecule has 45 heavy (non-hydrogen) atoms. The van der Waals surface area contributed by atoms with Crippen LogP contribution in [0.4, 0.5) is 0 Å². The highest BCUT2D eigenvalue weighted by Gasteiger charge is 2.62. The summed E-state index contributed by atoms with van der Waals surface area (Å²) in [7, 11) is 0. The number of rotatable bonds is 13. The van der Waals surface area contributed by atoms with Gasteiger partial charge in [0.2, 0.25) is 0 Å². The quantitative estimate of drug-likeness (QED) is 0.210. The third-order valence-corrected chi connectivity index (χ3v) is 13.3. The van der Waals surface area contributed by atoms with Crippen LogP contribution in [-0.2, 0) is 9.47 Å². The van der Waals surface area contributed by atoms with E-state index in [0.29, 0.717) is 24.9 Å². The predicted octanol–water partition coefficient (Wildman–Crippen LogP) is 10.6. The maximum atomic E-state index is 6.81. The van der Waals surface area contributed by atoms with Gasteiger partial charge in [0.15, 0.2) is 13.6 Å². The Labute approximate surface area is 274 Å². The molecular weight excluding hydrogens is 556 g/mol. The molecule has 2 aromatic rings. The molecule has 4 fully saturated rings. The van der Waals surface area contributed by atoms with Gasteiger partial charge in [0, 0.05) is 0 Å². The van der Waals surface area contributed by atoms with Gasteiger partial charge in [0.1, 0.15) is 11.5 Å². The average Bonchev–Trinajstić information content (AvgIpc) is 3.40. The van der Waals surface area contributed by atoms with Gasteiger partial charge in [-0.15, -0.1) is 0 Å². The maximum absolute atomic E-state index is 6.81. The predicted molar refractivity (Wildman–Crippen MR) is 182 cm³/mol. The van der Waals surface area contributed by atoms with Crippen LogP contribution < -0.4 is 9.47 Å². The van der Waals surface area contributed by atoms with Gasteiger partial charge in [0.25, 0.3) is 0 Å². The van der Waals surface area contributed by atoms with Gasteiger partial charge < -0.3 is 18.9 Å². The second-order valence-corrected chi connectivity index (χ2v) is 16.2. The first kappa shape index (κ1) is 32.9. The third-order valence-electron chi connectivity index (χ3n) is 13.3. The molecule has 0 radical (unpaired) electrons. The molecule has 0 amide bonds. The number of para-hydroxylation sites is 2. The molecule has 0 aliphatic heterocycles. The van der Waals surface area contributed by atoms with Gasteiger partial charge in [-0.25, -0.2) is 0 Å². The first-order valence-electron chi connectivity index (χ1n) is 18.4. The van der Waals surface area contributed by atoms with E-state index >= 15 is 0 Å². The first-order chi connectivity index (χ1) is 21.8. The third kappa shape index (κ3) is 7.13. The molecule has 4 nitrogen and oxygen atoms in total. The molecule has 0 saturated heterocycles. The van der Waals surface area contributed by atoms with Gasteiger partial charge in [-0.1, -0.05) is 90.3 Å². The Kier molecular flexibility index (Phi) is 10.5. The molecule has 10 atom stereocenters. The Balaban J connectivity index is 1.16. The fourth-order valence-corrected chi connectivity index (χ4v) is 11.0. The first-order valence-corrected chi connectivity index (χ1v) is 18.4. The van der Waals surface area contributed by atoms with Gasteiger partial charge in [-0.3, -0.25) is 0 Å². The zero-order valence-corrected chi connectivity index (χ0v) is 28.8. The zero-order valence-electron chi connectivity index (χ0n) is 28.8. The van der Waals surface area contributed by atoms with Crippen LogP contribution in [0.1, 0.15) is 105 Å². The summed E-state index contributed by atoms with van der Waals surface area (Å²) >= 11 is 0. The second-order valence-electron chi connectivity index (χ2n) is 16.2. The zero-order chi connectivity index (χ0) is 31.4. The lowest BCUT2D eigenvalue weighted by Crippen LogP contribution is -2.59. The Morgan fingerprint density at radius 1 is 0.667 bits per heavy atom. The molecule has 0 N–H and O–H groups in total. The number of fused-ring (bicyclic) bond motifs is 5. The largest absolute Gasteiger partial charge is 0.468 e. The van der Waals surface area contributed by atoms with E-state index in [1.54, 1.807) is 0 Å². The van der Waals surface area contributed by atoms with Crippen LogP contribution in [0.15, 0.2) is 60.7 Å². The minimum Gasteiger partial charge on any atom is -0.468 e. The highest BCUT2D eigenvalue weighted by molar-refractivity contribution is 5.21. The molecule has 4 aliphatic rings. The molecule has 248 valence electrons. The molecule has 4 heteroatoms. The molecule has 0 aromatic heterocycles. The molecule has 2 aromatic carbocycles. The van der Waals surface area contributed by atoms with Crippen LogP contribution in [0.2, 0.25) is 0 Å². The summed E-state index contributed by atoms with van der Waals surface area (Å²) in [5.41, 5.74) is 0.755. The summed E-state index contributed by atoms with van der Waals surface area (Å²) in [4.78, 5) is 0. The molecule has 0 heterocycles. The smallest absolute Gasteiger partial charge is 0.189 e. The number of ether oxygens (including phenoxy) is 4. The van der Waals surface area contributed by atoms with Crippen LogP contribution >= 0.6 is 0 Å². The van der Waals surface area contributed by atoms with E-state index in [0.717, 1.165) is 59.8 Å². The van der Waals surface area contributed by atoms with Crippen molar-refractivity contribution >= 4 is 0 Å². The van der Waals surface area contributed by atoms with Crippen molar-refractivity contribution < 1.29 is 18.9 Å². The van der Waals surface area contributed by atoms with Crippen LogP contribution in [0.25, 0.3) is 0 Å². The summed E-state index contributed by atoms with van der Waals surface area (Å²) in [6.45, 7) is 13.3. The summed E-state index contributed by atoms with van der Waals surface area (Å²) in [6, 6.07) is 20.2.